The van der Waals surface area contributed by atoms with Crippen molar-refractivity contribution in [3.05, 3.63) is 30.1 Å². The average molecular weight is 223 g/mol. The third kappa shape index (κ3) is 2.19. The molecule has 2 unspecified atom stereocenters. The van der Waals surface area contributed by atoms with E-state index in [0.717, 1.165) is 19.3 Å². The monoisotopic (exact) mass is 223 g/mol. The minimum atomic E-state index is -0.332. The van der Waals surface area contributed by atoms with Crippen LogP contribution in [-0.4, -0.2) is 17.3 Å². The van der Waals surface area contributed by atoms with Crippen molar-refractivity contribution in [2.75, 3.05) is 11.9 Å². The Balaban J connectivity index is 2.16. The van der Waals surface area contributed by atoms with Crippen LogP contribution in [0.2, 0.25) is 0 Å². The van der Waals surface area contributed by atoms with Gasteiger partial charge in [0.05, 0.1) is 17.8 Å². The van der Waals surface area contributed by atoms with E-state index in [9.17, 15) is 9.50 Å². The number of rotatable bonds is 3. The van der Waals surface area contributed by atoms with Crippen LogP contribution in [0.3, 0.4) is 0 Å². The summed E-state index contributed by atoms with van der Waals surface area (Å²) in [6.45, 7) is 2.23. The van der Waals surface area contributed by atoms with Crippen LogP contribution in [-0.2, 0) is 0 Å². The molecule has 2 N–H and O–H groups in total. The molecule has 0 spiro atoms. The molecule has 2 rings (SSSR count). The van der Waals surface area contributed by atoms with Crippen LogP contribution in [0.1, 0.15) is 26.2 Å². The first-order valence-electron chi connectivity index (χ1n) is 5.79. The Labute approximate surface area is 95.5 Å². The van der Waals surface area contributed by atoms with E-state index in [1.165, 1.54) is 6.07 Å². The predicted octanol–water partition coefficient (Wildman–Crippen LogP) is 2.79. The van der Waals surface area contributed by atoms with Crippen molar-refractivity contribution in [3.63, 3.8) is 0 Å². The van der Waals surface area contributed by atoms with E-state index in [1.54, 1.807) is 18.2 Å². The minimum Gasteiger partial charge on any atom is -0.394 e. The smallest absolute Gasteiger partial charge is 0.146 e. The highest BCUT2D eigenvalue weighted by molar-refractivity contribution is 5.47. The van der Waals surface area contributed by atoms with Gasteiger partial charge in [-0.05, 0) is 37.3 Å². The summed E-state index contributed by atoms with van der Waals surface area (Å²) in [7, 11) is 0. The van der Waals surface area contributed by atoms with Gasteiger partial charge in [-0.2, -0.15) is 0 Å². The van der Waals surface area contributed by atoms with Crippen molar-refractivity contribution >= 4 is 5.69 Å². The lowest BCUT2D eigenvalue weighted by molar-refractivity contribution is 0.210. The highest BCUT2D eigenvalue weighted by atomic mass is 19.1. The van der Waals surface area contributed by atoms with Crippen molar-refractivity contribution in [2.24, 2.45) is 5.92 Å². The molecular weight excluding hydrogens is 205 g/mol. The number of aliphatic hydroxyl groups excluding tert-OH is 1. The molecule has 1 aliphatic rings. The molecule has 0 saturated heterocycles. The van der Waals surface area contributed by atoms with Crippen LogP contribution in [0.5, 0.6) is 0 Å². The molecule has 3 heteroatoms. The molecule has 0 heterocycles. The van der Waals surface area contributed by atoms with Gasteiger partial charge in [0, 0.05) is 0 Å². The van der Waals surface area contributed by atoms with Crippen LogP contribution in [0.4, 0.5) is 10.1 Å². The molecule has 16 heavy (non-hydrogen) atoms. The van der Waals surface area contributed by atoms with E-state index in [0.29, 0.717) is 11.6 Å². The quantitative estimate of drug-likeness (QED) is 0.825. The van der Waals surface area contributed by atoms with Gasteiger partial charge in [-0.3, -0.25) is 0 Å². The molecule has 1 aromatic rings. The second-order valence-electron chi connectivity index (χ2n) is 4.89. The number of halogens is 1. The van der Waals surface area contributed by atoms with Gasteiger partial charge in [0.25, 0.3) is 0 Å². The van der Waals surface area contributed by atoms with E-state index < -0.39 is 0 Å². The topological polar surface area (TPSA) is 32.3 Å². The molecule has 2 atom stereocenters. The summed E-state index contributed by atoms with van der Waals surface area (Å²) in [5.41, 5.74) is 0.160. The Hall–Kier alpha value is -1.09. The third-order valence-corrected chi connectivity index (χ3v) is 3.43. The number of para-hydroxylation sites is 1. The Morgan fingerprint density at radius 3 is 2.81 bits per heavy atom. The molecular formula is C13H18FNO. The SMILES string of the molecule is CC1CCC(CO)(Nc2ccccc2F)C1. The van der Waals surface area contributed by atoms with Crippen LogP contribution in [0, 0.1) is 11.7 Å². The van der Waals surface area contributed by atoms with Gasteiger partial charge in [0.1, 0.15) is 5.82 Å². The van der Waals surface area contributed by atoms with E-state index >= 15 is 0 Å². The zero-order chi connectivity index (χ0) is 11.6. The van der Waals surface area contributed by atoms with Gasteiger partial charge in [-0.1, -0.05) is 19.1 Å². The molecule has 1 fully saturated rings. The number of anilines is 1. The highest BCUT2D eigenvalue weighted by Gasteiger charge is 2.37. The molecule has 0 aromatic heterocycles. The van der Waals surface area contributed by atoms with Crippen molar-refractivity contribution in [3.8, 4) is 0 Å². The Bertz CT molecular complexity index is 369. The van der Waals surface area contributed by atoms with Crippen molar-refractivity contribution in [1.82, 2.24) is 0 Å². The third-order valence-electron chi connectivity index (χ3n) is 3.43. The minimum absolute atomic E-state index is 0.0612. The van der Waals surface area contributed by atoms with E-state index in [1.807, 2.05) is 0 Å². The van der Waals surface area contributed by atoms with Crippen molar-refractivity contribution < 1.29 is 9.50 Å². The molecule has 1 aromatic carbocycles. The lowest BCUT2D eigenvalue weighted by Gasteiger charge is -2.29. The molecule has 2 nitrogen and oxygen atoms in total. The van der Waals surface area contributed by atoms with Gasteiger partial charge in [-0.15, -0.1) is 0 Å². The van der Waals surface area contributed by atoms with E-state index in [-0.39, 0.29) is 18.0 Å². The Kier molecular flexibility index (Phi) is 3.15. The maximum atomic E-state index is 13.5. The Morgan fingerprint density at radius 1 is 1.50 bits per heavy atom. The van der Waals surface area contributed by atoms with Gasteiger partial charge in [-0.25, -0.2) is 4.39 Å². The fourth-order valence-corrected chi connectivity index (χ4v) is 2.54. The highest BCUT2D eigenvalue weighted by Crippen LogP contribution is 2.37. The van der Waals surface area contributed by atoms with Gasteiger partial charge >= 0.3 is 0 Å². The first-order valence-corrected chi connectivity index (χ1v) is 5.79. The summed E-state index contributed by atoms with van der Waals surface area (Å²) in [5, 5.41) is 12.7. The van der Waals surface area contributed by atoms with Gasteiger partial charge < -0.3 is 10.4 Å². The maximum Gasteiger partial charge on any atom is 0.146 e. The summed E-state index contributed by atoms with van der Waals surface area (Å²) < 4.78 is 13.5. The van der Waals surface area contributed by atoms with E-state index in [4.69, 9.17) is 0 Å². The summed E-state index contributed by atoms with van der Waals surface area (Å²) in [6.07, 6.45) is 2.89. The molecule has 0 bridgehead atoms. The van der Waals surface area contributed by atoms with Crippen LogP contribution in [0.25, 0.3) is 0 Å². The Morgan fingerprint density at radius 2 is 2.25 bits per heavy atom. The number of hydrogen-bond donors (Lipinski definition) is 2. The molecule has 88 valence electrons. The normalized spacial score (nSPS) is 29.3. The lowest BCUT2D eigenvalue weighted by atomic mass is 9.97. The molecule has 1 aliphatic carbocycles. The fourth-order valence-electron chi connectivity index (χ4n) is 2.54. The number of aliphatic hydroxyl groups is 1. The van der Waals surface area contributed by atoms with Crippen molar-refractivity contribution in [2.45, 2.75) is 31.7 Å². The first-order chi connectivity index (χ1) is 7.65. The first kappa shape index (κ1) is 11.4. The second kappa shape index (κ2) is 4.42. The molecule has 0 amide bonds. The van der Waals surface area contributed by atoms with Crippen molar-refractivity contribution in [1.29, 1.82) is 0 Å². The summed E-state index contributed by atoms with van der Waals surface area (Å²) in [5.74, 6) is 0.335. The fraction of sp³-hybridized carbons (Fsp3) is 0.538. The molecule has 0 radical (unpaired) electrons. The van der Waals surface area contributed by atoms with Gasteiger partial charge in [0.15, 0.2) is 0 Å². The largest absolute Gasteiger partial charge is 0.394 e. The lowest BCUT2D eigenvalue weighted by Crippen LogP contribution is -2.39. The number of benzene rings is 1. The number of nitrogens with one attached hydrogen (secondary N) is 1. The van der Waals surface area contributed by atoms with Crippen LogP contribution in [0.15, 0.2) is 24.3 Å². The summed E-state index contributed by atoms with van der Waals surface area (Å²) >= 11 is 0. The zero-order valence-electron chi connectivity index (χ0n) is 9.54. The summed E-state index contributed by atoms with van der Waals surface area (Å²) in [4.78, 5) is 0. The predicted molar refractivity (Wildman–Crippen MR) is 62.9 cm³/mol. The van der Waals surface area contributed by atoms with Crippen LogP contribution >= 0.6 is 0 Å². The second-order valence-corrected chi connectivity index (χ2v) is 4.89. The number of hydrogen-bond acceptors (Lipinski definition) is 2. The average Bonchev–Trinajstić information content (AvgIpc) is 2.65. The standard InChI is InChI=1S/C13H18FNO/c1-10-6-7-13(8-10,9-16)15-12-5-3-2-4-11(12)14/h2-5,10,15-16H,6-9H2,1H3. The van der Waals surface area contributed by atoms with Gasteiger partial charge in [0.2, 0.25) is 0 Å². The maximum absolute atomic E-state index is 13.5. The zero-order valence-corrected chi connectivity index (χ0v) is 9.54. The molecule has 0 aliphatic heterocycles. The summed E-state index contributed by atoms with van der Waals surface area (Å²) in [6, 6.07) is 6.62. The van der Waals surface area contributed by atoms with E-state index in [2.05, 4.69) is 12.2 Å². The van der Waals surface area contributed by atoms with Crippen LogP contribution < -0.4 is 5.32 Å². The molecule has 1 saturated carbocycles.